The Morgan fingerprint density at radius 3 is 2.52 bits per heavy atom. The molecule has 9 nitrogen and oxygen atoms in total. The van der Waals surface area contributed by atoms with Gasteiger partial charge in [0.25, 0.3) is 5.91 Å². The van der Waals surface area contributed by atoms with Gasteiger partial charge >= 0.3 is 5.91 Å². The number of rotatable bonds is 8. The van der Waals surface area contributed by atoms with Crippen LogP contribution >= 0.6 is 11.8 Å². The number of benzene rings is 2. The molecule has 10 heteroatoms. The number of carbonyl (C=O) groups is 2. The lowest BCUT2D eigenvalue weighted by Crippen LogP contribution is -2.41. The summed E-state index contributed by atoms with van der Waals surface area (Å²) in [5, 5.41) is 3.75. The van der Waals surface area contributed by atoms with Gasteiger partial charge in [-0.3, -0.25) is 20.4 Å². The highest BCUT2D eigenvalue weighted by atomic mass is 32.2. The van der Waals surface area contributed by atoms with Gasteiger partial charge in [0.05, 0.1) is 11.3 Å². The van der Waals surface area contributed by atoms with Crippen LogP contribution in [-0.2, 0) is 12.4 Å². The molecule has 0 aliphatic rings. The zero-order chi connectivity index (χ0) is 23.0. The lowest BCUT2D eigenvalue weighted by molar-refractivity contribution is 0.0827. The number of aromatic nitrogens is 2. The number of para-hydroxylation sites is 1. The summed E-state index contributed by atoms with van der Waals surface area (Å²) < 4.78 is 16.2. The van der Waals surface area contributed by atoms with Gasteiger partial charge in [0.15, 0.2) is 11.6 Å². The molecule has 2 aromatic carbocycles. The van der Waals surface area contributed by atoms with E-state index >= 15 is 0 Å². The number of hydrogen-bond donors (Lipinski definition) is 2. The lowest BCUT2D eigenvalue weighted by Gasteiger charge is -2.09. The van der Waals surface area contributed by atoms with Crippen molar-refractivity contribution in [2.24, 2.45) is 0 Å². The Labute approximate surface area is 193 Å². The number of amides is 2. The second-order valence-corrected chi connectivity index (χ2v) is 7.81. The molecule has 0 unspecified atom stereocenters. The summed E-state index contributed by atoms with van der Waals surface area (Å²) in [5.41, 5.74) is 5.18. The quantitative estimate of drug-likeness (QED) is 0.297. The molecule has 2 N–H and O–H groups in total. The molecule has 0 saturated heterocycles. The van der Waals surface area contributed by atoms with Crippen LogP contribution in [0.15, 0.2) is 80.6 Å². The SMILES string of the molecule is Cc1noc(CSc2ccccc2C(=O)NNC(=O)c2ccc(COc3ccccc3)o2)n1. The Morgan fingerprint density at radius 2 is 1.73 bits per heavy atom. The van der Waals surface area contributed by atoms with Gasteiger partial charge < -0.3 is 13.7 Å². The first-order valence-electron chi connectivity index (χ1n) is 9.97. The van der Waals surface area contributed by atoms with E-state index in [1.165, 1.54) is 17.8 Å². The zero-order valence-corrected chi connectivity index (χ0v) is 18.4. The van der Waals surface area contributed by atoms with Gasteiger partial charge in [-0.2, -0.15) is 4.98 Å². The van der Waals surface area contributed by atoms with Crippen molar-refractivity contribution in [1.82, 2.24) is 21.0 Å². The van der Waals surface area contributed by atoms with Crippen LogP contribution in [0, 0.1) is 6.92 Å². The van der Waals surface area contributed by atoms with Crippen molar-refractivity contribution in [2.45, 2.75) is 24.2 Å². The number of nitrogens with zero attached hydrogens (tertiary/aromatic N) is 2. The van der Waals surface area contributed by atoms with E-state index in [4.69, 9.17) is 13.7 Å². The monoisotopic (exact) mass is 464 g/mol. The Bertz CT molecular complexity index is 1240. The topological polar surface area (TPSA) is 119 Å². The molecular weight excluding hydrogens is 444 g/mol. The summed E-state index contributed by atoms with van der Waals surface area (Å²) >= 11 is 1.38. The minimum atomic E-state index is -0.583. The number of hydrogen-bond acceptors (Lipinski definition) is 8. The van der Waals surface area contributed by atoms with Gasteiger partial charge in [0.2, 0.25) is 5.89 Å². The average molecular weight is 465 g/mol. The average Bonchev–Trinajstić information content (AvgIpc) is 3.49. The lowest BCUT2D eigenvalue weighted by atomic mass is 10.2. The smallest absolute Gasteiger partial charge is 0.305 e. The summed E-state index contributed by atoms with van der Waals surface area (Å²) in [7, 11) is 0. The number of hydrazine groups is 1. The van der Waals surface area contributed by atoms with Gasteiger partial charge in [-0.15, -0.1) is 11.8 Å². The molecule has 2 amide bonds. The molecule has 0 radical (unpaired) electrons. The van der Waals surface area contributed by atoms with Gasteiger partial charge in [-0.25, -0.2) is 0 Å². The third-order valence-corrected chi connectivity index (χ3v) is 5.41. The van der Waals surface area contributed by atoms with Gasteiger partial charge in [0.1, 0.15) is 18.1 Å². The van der Waals surface area contributed by atoms with Crippen LogP contribution < -0.4 is 15.6 Å². The Morgan fingerprint density at radius 1 is 0.970 bits per heavy atom. The molecule has 0 spiro atoms. The fourth-order valence-electron chi connectivity index (χ4n) is 2.81. The van der Waals surface area contributed by atoms with Crippen LogP contribution in [0.25, 0.3) is 0 Å². The van der Waals surface area contributed by atoms with Crippen LogP contribution in [0.4, 0.5) is 0 Å². The second-order valence-electron chi connectivity index (χ2n) is 6.80. The fraction of sp³-hybridized carbons (Fsp3) is 0.130. The normalized spacial score (nSPS) is 10.6. The molecule has 0 atom stereocenters. The maximum atomic E-state index is 12.6. The van der Waals surface area contributed by atoms with Crippen LogP contribution in [0.2, 0.25) is 0 Å². The predicted molar refractivity (Wildman–Crippen MR) is 119 cm³/mol. The van der Waals surface area contributed by atoms with E-state index < -0.39 is 11.8 Å². The highest BCUT2D eigenvalue weighted by Crippen LogP contribution is 2.25. The molecule has 0 saturated carbocycles. The van der Waals surface area contributed by atoms with Crippen molar-refractivity contribution in [3.05, 3.63) is 95.5 Å². The van der Waals surface area contributed by atoms with E-state index in [1.807, 2.05) is 36.4 Å². The highest BCUT2D eigenvalue weighted by molar-refractivity contribution is 7.98. The number of furan rings is 1. The summed E-state index contributed by atoms with van der Waals surface area (Å²) in [6.45, 7) is 1.91. The van der Waals surface area contributed by atoms with Crippen molar-refractivity contribution >= 4 is 23.6 Å². The first-order chi connectivity index (χ1) is 16.1. The van der Waals surface area contributed by atoms with Crippen molar-refractivity contribution in [3.8, 4) is 5.75 Å². The third-order valence-electron chi connectivity index (χ3n) is 4.35. The van der Waals surface area contributed by atoms with E-state index in [1.54, 1.807) is 31.2 Å². The summed E-state index contributed by atoms with van der Waals surface area (Å²) in [4.78, 5) is 29.9. The first kappa shape index (κ1) is 22.2. The molecule has 2 aromatic heterocycles. The molecular formula is C23H20N4O5S. The summed E-state index contributed by atoms with van der Waals surface area (Å²) in [6.07, 6.45) is 0. The minimum Gasteiger partial charge on any atom is -0.486 e. The van der Waals surface area contributed by atoms with Gasteiger partial charge in [-0.05, 0) is 43.3 Å². The van der Waals surface area contributed by atoms with Crippen LogP contribution in [-0.4, -0.2) is 22.0 Å². The van der Waals surface area contributed by atoms with E-state index in [0.29, 0.717) is 39.4 Å². The molecule has 0 fully saturated rings. The molecule has 0 aliphatic heterocycles. The van der Waals surface area contributed by atoms with E-state index in [9.17, 15) is 9.59 Å². The molecule has 2 heterocycles. The Balaban J connectivity index is 1.30. The van der Waals surface area contributed by atoms with Gasteiger partial charge in [-0.1, -0.05) is 35.5 Å². The van der Waals surface area contributed by atoms with Crippen molar-refractivity contribution in [1.29, 1.82) is 0 Å². The van der Waals surface area contributed by atoms with Gasteiger partial charge in [0, 0.05) is 4.90 Å². The van der Waals surface area contributed by atoms with Crippen LogP contribution in [0.5, 0.6) is 5.75 Å². The van der Waals surface area contributed by atoms with E-state index in [-0.39, 0.29) is 12.4 Å². The van der Waals surface area contributed by atoms with Crippen molar-refractivity contribution in [3.63, 3.8) is 0 Å². The first-order valence-corrected chi connectivity index (χ1v) is 11.0. The molecule has 0 aliphatic carbocycles. The summed E-state index contributed by atoms with van der Waals surface area (Å²) in [6, 6.07) is 19.4. The number of ether oxygens (including phenoxy) is 1. The van der Waals surface area contributed by atoms with E-state index in [0.717, 1.165) is 0 Å². The number of thioether (sulfide) groups is 1. The second kappa shape index (κ2) is 10.5. The predicted octanol–water partition coefficient (Wildman–Crippen LogP) is 3.92. The Hall–Kier alpha value is -4.05. The van der Waals surface area contributed by atoms with Crippen molar-refractivity contribution in [2.75, 3.05) is 0 Å². The van der Waals surface area contributed by atoms with Crippen LogP contribution in [0.3, 0.4) is 0 Å². The summed E-state index contributed by atoms with van der Waals surface area (Å²) in [5.74, 6) is 1.60. The molecule has 33 heavy (non-hydrogen) atoms. The van der Waals surface area contributed by atoms with Crippen LogP contribution in [0.1, 0.15) is 38.4 Å². The maximum absolute atomic E-state index is 12.6. The molecule has 0 bridgehead atoms. The number of nitrogens with one attached hydrogen (secondary N) is 2. The Kier molecular flexibility index (Phi) is 7.06. The third kappa shape index (κ3) is 6.01. The molecule has 4 rings (SSSR count). The molecule has 168 valence electrons. The zero-order valence-electron chi connectivity index (χ0n) is 17.6. The standard InChI is InChI=1S/C23H20N4O5S/c1-15-24-21(32-27-15)14-33-20-10-6-5-9-18(20)22(28)25-26-23(29)19-12-11-17(31-19)13-30-16-7-3-2-4-8-16/h2-12H,13-14H2,1H3,(H,25,28)(H,26,29). The maximum Gasteiger partial charge on any atom is 0.305 e. The number of carbonyl (C=O) groups excluding carboxylic acids is 2. The number of aryl methyl sites for hydroxylation is 1. The minimum absolute atomic E-state index is 0.0522. The molecule has 4 aromatic rings. The highest BCUT2D eigenvalue weighted by Gasteiger charge is 2.16. The van der Waals surface area contributed by atoms with E-state index in [2.05, 4.69) is 21.0 Å². The largest absolute Gasteiger partial charge is 0.486 e. The fourth-order valence-corrected chi connectivity index (χ4v) is 3.70. The van der Waals surface area contributed by atoms with Crippen molar-refractivity contribution < 1.29 is 23.3 Å².